The van der Waals surface area contributed by atoms with E-state index in [0.717, 1.165) is 12.1 Å². The van der Waals surface area contributed by atoms with E-state index in [-0.39, 0.29) is 0 Å². The van der Waals surface area contributed by atoms with Crippen LogP contribution in [0.5, 0.6) is 0 Å². The lowest BCUT2D eigenvalue weighted by atomic mass is 10.1. The first kappa shape index (κ1) is 27.7. The molecule has 0 unspecified atom stereocenters. The summed E-state index contributed by atoms with van der Waals surface area (Å²) < 4.78 is 71.6. The van der Waals surface area contributed by atoms with Crippen LogP contribution in [0.4, 0.5) is 13.2 Å². The van der Waals surface area contributed by atoms with E-state index in [2.05, 4.69) is 0 Å². The third-order valence-corrected chi connectivity index (χ3v) is 5.44. The van der Waals surface area contributed by atoms with Crippen molar-refractivity contribution in [1.82, 2.24) is 10.0 Å². The van der Waals surface area contributed by atoms with Crippen LogP contribution in [0.2, 0.25) is 5.02 Å². The second-order valence-corrected chi connectivity index (χ2v) is 9.68. The lowest BCUT2D eigenvalue weighted by molar-refractivity contribution is -0.157. The van der Waals surface area contributed by atoms with Crippen LogP contribution in [-0.2, 0) is 35.3 Å². The third-order valence-electron chi connectivity index (χ3n) is 3.64. The zero-order chi connectivity index (χ0) is 24.9. The summed E-state index contributed by atoms with van der Waals surface area (Å²) in [4.78, 5) is 33.9. The van der Waals surface area contributed by atoms with Gasteiger partial charge in [-0.2, -0.15) is 17.9 Å². The van der Waals surface area contributed by atoms with E-state index in [1.165, 1.54) is 20.8 Å². The summed E-state index contributed by atoms with van der Waals surface area (Å²) in [5.41, 5.74) is -2.42. The van der Waals surface area contributed by atoms with Crippen LogP contribution in [0.3, 0.4) is 0 Å². The van der Waals surface area contributed by atoms with Crippen molar-refractivity contribution in [2.45, 2.75) is 56.3 Å². The van der Waals surface area contributed by atoms with Crippen molar-refractivity contribution in [2.24, 2.45) is 0 Å². The minimum Gasteiger partial charge on any atom is -0.480 e. The van der Waals surface area contributed by atoms with E-state index < -0.39 is 80.6 Å². The van der Waals surface area contributed by atoms with Gasteiger partial charge in [-0.3, -0.25) is 14.4 Å². The quantitative estimate of drug-likeness (QED) is 0.440. The van der Waals surface area contributed by atoms with Crippen molar-refractivity contribution in [1.29, 1.82) is 0 Å². The maximum absolute atomic E-state index is 13.1. The number of carbonyl (C=O) groups excluding carboxylic acids is 2. The zero-order valence-electron chi connectivity index (χ0n) is 17.2. The Morgan fingerprint density at radius 2 is 1.78 bits per heavy atom. The lowest BCUT2D eigenvalue weighted by Crippen LogP contribution is -2.45. The van der Waals surface area contributed by atoms with Gasteiger partial charge in [0.1, 0.15) is 18.2 Å². The Kier molecular flexibility index (Phi) is 9.07. The van der Waals surface area contributed by atoms with Crippen LogP contribution < -0.4 is 10.0 Å². The number of benzene rings is 1. The Bertz CT molecular complexity index is 976. The molecule has 0 aromatic heterocycles. The average molecular weight is 503 g/mol. The van der Waals surface area contributed by atoms with Gasteiger partial charge < -0.3 is 15.2 Å². The smallest absolute Gasteiger partial charge is 0.417 e. The van der Waals surface area contributed by atoms with E-state index >= 15 is 0 Å². The number of carboxylic acid groups (broad SMARTS) is 1. The SMILES string of the molecule is CC(C)(C)OC(=O)[C@H](CCC(=O)NCC(=O)O)NS(=O)(=O)c1ccc(Cl)c(C(F)(F)F)c1. The molecule has 1 aromatic carbocycles. The number of amides is 1. The van der Waals surface area contributed by atoms with E-state index in [1.807, 2.05) is 10.0 Å². The molecule has 32 heavy (non-hydrogen) atoms. The Labute approximate surface area is 187 Å². The van der Waals surface area contributed by atoms with Crippen molar-refractivity contribution in [3.63, 3.8) is 0 Å². The summed E-state index contributed by atoms with van der Waals surface area (Å²) in [5.74, 6) is -3.17. The van der Waals surface area contributed by atoms with Gasteiger partial charge in [-0.15, -0.1) is 0 Å². The van der Waals surface area contributed by atoms with Gasteiger partial charge in [0.15, 0.2) is 0 Å². The molecule has 1 amide bonds. The zero-order valence-corrected chi connectivity index (χ0v) is 18.8. The molecule has 180 valence electrons. The summed E-state index contributed by atoms with van der Waals surface area (Å²) in [7, 11) is -4.67. The van der Waals surface area contributed by atoms with Crippen molar-refractivity contribution in [3.05, 3.63) is 28.8 Å². The molecule has 14 heteroatoms. The molecule has 0 spiro atoms. The van der Waals surface area contributed by atoms with Gasteiger partial charge in [-0.25, -0.2) is 8.42 Å². The topological polar surface area (TPSA) is 139 Å². The molecule has 9 nitrogen and oxygen atoms in total. The molecule has 0 aliphatic rings. The monoisotopic (exact) mass is 502 g/mol. The number of sulfonamides is 1. The first-order valence-corrected chi connectivity index (χ1v) is 10.9. The first-order valence-electron chi connectivity index (χ1n) is 9.03. The third kappa shape index (κ3) is 9.01. The van der Waals surface area contributed by atoms with Gasteiger partial charge in [0.05, 0.1) is 15.5 Å². The summed E-state index contributed by atoms with van der Waals surface area (Å²) in [5, 5.41) is 9.89. The largest absolute Gasteiger partial charge is 0.480 e. The number of carbonyl (C=O) groups is 3. The van der Waals surface area contributed by atoms with E-state index in [9.17, 15) is 36.0 Å². The van der Waals surface area contributed by atoms with Gasteiger partial charge in [-0.05, 0) is 45.4 Å². The van der Waals surface area contributed by atoms with Crippen molar-refractivity contribution in [2.75, 3.05) is 6.54 Å². The summed E-state index contributed by atoms with van der Waals surface area (Å²) in [6, 6.07) is 0.253. The van der Waals surface area contributed by atoms with Crippen molar-refractivity contribution < 1.29 is 45.8 Å². The Morgan fingerprint density at radius 1 is 1.19 bits per heavy atom. The standard InChI is InChI=1S/C18H22ClF3N2O7S/c1-17(2,3)31-16(28)13(6-7-14(25)23-9-15(26)27)24-32(29,30)10-4-5-12(19)11(8-10)18(20,21)22/h4-5,8,13,24H,6-7,9H2,1-3H3,(H,23,25)(H,26,27)/t13-/m0/s1. The van der Waals surface area contributed by atoms with Gasteiger partial charge in [0.2, 0.25) is 15.9 Å². The maximum Gasteiger partial charge on any atom is 0.417 e. The minimum atomic E-state index is -4.92. The number of carboxylic acids is 1. The number of hydrogen-bond acceptors (Lipinski definition) is 6. The molecule has 0 fully saturated rings. The van der Waals surface area contributed by atoms with Crippen LogP contribution in [0.25, 0.3) is 0 Å². The Morgan fingerprint density at radius 3 is 2.28 bits per heavy atom. The number of ether oxygens (including phenoxy) is 1. The van der Waals surface area contributed by atoms with Crippen LogP contribution in [0.1, 0.15) is 39.2 Å². The fourth-order valence-electron chi connectivity index (χ4n) is 2.28. The molecule has 0 aliphatic heterocycles. The number of aliphatic carboxylic acids is 1. The van der Waals surface area contributed by atoms with E-state index in [4.69, 9.17) is 21.4 Å². The van der Waals surface area contributed by atoms with Crippen LogP contribution in [-0.4, -0.2) is 49.6 Å². The molecular weight excluding hydrogens is 481 g/mol. The highest BCUT2D eigenvalue weighted by Crippen LogP contribution is 2.36. The molecule has 0 heterocycles. The Balaban J connectivity index is 3.15. The number of rotatable bonds is 9. The number of alkyl halides is 3. The molecular formula is C18H22ClF3N2O7S. The fourth-order valence-corrected chi connectivity index (χ4v) is 3.75. The molecule has 0 aliphatic carbocycles. The molecule has 0 saturated carbocycles. The number of esters is 1. The lowest BCUT2D eigenvalue weighted by Gasteiger charge is -2.24. The van der Waals surface area contributed by atoms with Gasteiger partial charge in [0, 0.05) is 6.42 Å². The number of hydrogen-bond donors (Lipinski definition) is 3. The predicted molar refractivity (Wildman–Crippen MR) is 106 cm³/mol. The Hall–Kier alpha value is -2.38. The summed E-state index contributed by atoms with van der Waals surface area (Å²) in [6.45, 7) is 3.83. The average Bonchev–Trinajstić information content (AvgIpc) is 2.61. The fraction of sp³-hybridized carbons (Fsp3) is 0.500. The minimum absolute atomic E-state index is 0.316. The predicted octanol–water partition coefficient (Wildman–Crippen LogP) is 2.33. The van der Waals surface area contributed by atoms with E-state index in [0.29, 0.717) is 6.07 Å². The van der Waals surface area contributed by atoms with Crippen LogP contribution in [0.15, 0.2) is 23.1 Å². The van der Waals surface area contributed by atoms with Gasteiger partial charge >= 0.3 is 18.1 Å². The van der Waals surface area contributed by atoms with Crippen molar-refractivity contribution >= 4 is 39.5 Å². The van der Waals surface area contributed by atoms with Crippen molar-refractivity contribution in [3.8, 4) is 0 Å². The normalized spacial score (nSPS) is 13.3. The molecule has 0 radical (unpaired) electrons. The highest BCUT2D eigenvalue weighted by Gasteiger charge is 2.36. The first-order chi connectivity index (χ1) is 14.4. The molecule has 1 atom stereocenters. The summed E-state index contributed by atoms with van der Waals surface area (Å²) >= 11 is 5.50. The molecule has 0 saturated heterocycles. The maximum atomic E-state index is 13.1. The van der Waals surface area contributed by atoms with Crippen LogP contribution >= 0.6 is 11.6 Å². The second kappa shape index (κ2) is 10.5. The highest BCUT2D eigenvalue weighted by atomic mass is 35.5. The van der Waals surface area contributed by atoms with Crippen LogP contribution in [0, 0.1) is 0 Å². The van der Waals surface area contributed by atoms with Gasteiger partial charge in [-0.1, -0.05) is 11.6 Å². The molecule has 1 rings (SSSR count). The highest BCUT2D eigenvalue weighted by molar-refractivity contribution is 7.89. The van der Waals surface area contributed by atoms with Gasteiger partial charge in [0.25, 0.3) is 0 Å². The molecule has 3 N–H and O–H groups in total. The summed E-state index contributed by atoms with van der Waals surface area (Å²) in [6.07, 6.45) is -5.83. The van der Waals surface area contributed by atoms with E-state index in [1.54, 1.807) is 0 Å². The number of halogens is 4. The molecule has 0 bridgehead atoms. The molecule has 1 aromatic rings. The second-order valence-electron chi connectivity index (χ2n) is 7.56. The number of nitrogens with one attached hydrogen (secondary N) is 2.